The molecule has 1 atom stereocenters. The zero-order valence-electron chi connectivity index (χ0n) is 7.89. The van der Waals surface area contributed by atoms with Crippen LogP contribution in [0.2, 0.25) is 0 Å². The van der Waals surface area contributed by atoms with E-state index in [-0.39, 0.29) is 5.92 Å². The van der Waals surface area contributed by atoms with Crippen molar-refractivity contribution in [1.82, 2.24) is 0 Å². The van der Waals surface area contributed by atoms with Gasteiger partial charge in [-0.1, -0.05) is 20.4 Å². The quantitative estimate of drug-likeness (QED) is 0.636. The highest BCUT2D eigenvalue weighted by molar-refractivity contribution is 5.80. The minimum atomic E-state index is 0.113. The summed E-state index contributed by atoms with van der Waals surface area (Å²) in [6, 6.07) is 0. The van der Waals surface area contributed by atoms with Crippen LogP contribution >= 0.6 is 0 Å². The predicted molar refractivity (Wildman–Crippen MR) is 50.5 cm³/mol. The predicted octanol–water partition coefficient (Wildman–Crippen LogP) is 2.01. The molecule has 0 aromatic heterocycles. The number of allylic oxidation sites excluding steroid dienone is 1. The van der Waals surface area contributed by atoms with Crippen molar-refractivity contribution in [2.75, 3.05) is 0 Å². The standard InChI is InChI=1S/C10H17NO/c1-4-9(11)7-6-8(3)10(12)5-2/h8H,1,5-7,11H2,2-3H3. The van der Waals surface area contributed by atoms with Gasteiger partial charge in [0, 0.05) is 12.3 Å². The first kappa shape index (κ1) is 11.0. The van der Waals surface area contributed by atoms with Gasteiger partial charge < -0.3 is 5.73 Å². The Hall–Kier alpha value is -1.01. The second-order valence-electron chi connectivity index (χ2n) is 2.96. The van der Waals surface area contributed by atoms with Crippen molar-refractivity contribution in [2.24, 2.45) is 11.7 Å². The van der Waals surface area contributed by atoms with E-state index in [1.165, 1.54) is 0 Å². The lowest BCUT2D eigenvalue weighted by Crippen LogP contribution is -2.10. The van der Waals surface area contributed by atoms with Crippen LogP contribution in [0.15, 0.2) is 18.0 Å². The van der Waals surface area contributed by atoms with Crippen molar-refractivity contribution < 1.29 is 4.79 Å². The van der Waals surface area contributed by atoms with Gasteiger partial charge in [0.25, 0.3) is 0 Å². The largest absolute Gasteiger partial charge is 0.396 e. The molecule has 0 saturated carbocycles. The van der Waals surface area contributed by atoms with E-state index in [0.717, 1.165) is 12.8 Å². The number of nitrogens with two attached hydrogens (primary N) is 1. The van der Waals surface area contributed by atoms with E-state index >= 15 is 0 Å². The monoisotopic (exact) mass is 167 g/mol. The third kappa shape index (κ3) is 3.99. The molecule has 0 bridgehead atoms. The maximum absolute atomic E-state index is 11.1. The smallest absolute Gasteiger partial charge is 0.135 e. The molecule has 0 saturated heterocycles. The van der Waals surface area contributed by atoms with E-state index in [0.29, 0.717) is 17.9 Å². The second-order valence-corrected chi connectivity index (χ2v) is 2.96. The molecule has 0 rings (SSSR count). The van der Waals surface area contributed by atoms with Gasteiger partial charge in [-0.25, -0.2) is 0 Å². The van der Waals surface area contributed by atoms with Crippen LogP contribution in [0.4, 0.5) is 0 Å². The fourth-order valence-corrected chi connectivity index (χ4v) is 0.970. The second kappa shape index (κ2) is 5.62. The lowest BCUT2D eigenvalue weighted by Gasteiger charge is -2.07. The average Bonchev–Trinajstić information content (AvgIpc) is 2.11. The Morgan fingerprint density at radius 3 is 2.67 bits per heavy atom. The molecule has 2 heteroatoms. The molecule has 0 spiro atoms. The maximum atomic E-state index is 11.1. The Labute approximate surface area is 74.1 Å². The van der Waals surface area contributed by atoms with Crippen LogP contribution in [0, 0.1) is 5.92 Å². The molecule has 12 heavy (non-hydrogen) atoms. The van der Waals surface area contributed by atoms with Gasteiger partial charge in [-0.15, -0.1) is 5.73 Å². The third-order valence-corrected chi connectivity index (χ3v) is 1.97. The number of ketones is 1. The molecule has 2 N–H and O–H groups in total. The zero-order chi connectivity index (χ0) is 9.56. The van der Waals surface area contributed by atoms with Crippen LogP contribution in [0.3, 0.4) is 0 Å². The van der Waals surface area contributed by atoms with E-state index in [1.54, 1.807) is 0 Å². The minimum Gasteiger partial charge on any atom is -0.396 e. The summed E-state index contributed by atoms with van der Waals surface area (Å²) in [5.74, 6) is 0.411. The Bertz CT molecular complexity index is 202. The van der Waals surface area contributed by atoms with Gasteiger partial charge in [0.1, 0.15) is 5.78 Å². The van der Waals surface area contributed by atoms with Crippen LogP contribution in [0.5, 0.6) is 0 Å². The number of hydrogen-bond acceptors (Lipinski definition) is 2. The summed E-state index contributed by atoms with van der Waals surface area (Å²) in [5.41, 5.74) is 8.75. The van der Waals surface area contributed by atoms with Gasteiger partial charge in [0.2, 0.25) is 0 Å². The average molecular weight is 167 g/mol. The van der Waals surface area contributed by atoms with E-state index in [4.69, 9.17) is 5.73 Å². The molecule has 0 aromatic carbocycles. The fourth-order valence-electron chi connectivity index (χ4n) is 0.970. The summed E-state index contributed by atoms with van der Waals surface area (Å²) in [6.07, 6.45) is 2.14. The van der Waals surface area contributed by atoms with Crippen molar-refractivity contribution in [3.8, 4) is 0 Å². The Kier molecular flexibility index (Phi) is 5.14. The molecular formula is C10H17NO. The molecule has 0 heterocycles. The Balaban J connectivity index is 3.78. The van der Waals surface area contributed by atoms with Crippen LogP contribution in [-0.4, -0.2) is 5.78 Å². The van der Waals surface area contributed by atoms with Crippen molar-refractivity contribution in [2.45, 2.75) is 33.1 Å². The summed E-state index contributed by atoms with van der Waals surface area (Å²) in [5, 5.41) is 0. The molecule has 0 aliphatic carbocycles. The first-order valence-electron chi connectivity index (χ1n) is 4.28. The SMILES string of the molecule is C=C=C(N)CCC(C)C(=O)CC. The molecule has 0 aliphatic rings. The van der Waals surface area contributed by atoms with Crippen molar-refractivity contribution in [3.05, 3.63) is 18.0 Å². The van der Waals surface area contributed by atoms with Gasteiger partial charge in [0.15, 0.2) is 0 Å². The van der Waals surface area contributed by atoms with Crippen LogP contribution in [-0.2, 0) is 4.79 Å². The fraction of sp³-hybridized carbons (Fsp3) is 0.600. The summed E-state index contributed by atoms with van der Waals surface area (Å²) in [4.78, 5) is 11.1. The van der Waals surface area contributed by atoms with E-state index in [2.05, 4.69) is 12.3 Å². The van der Waals surface area contributed by atoms with Crippen molar-refractivity contribution in [3.63, 3.8) is 0 Å². The van der Waals surface area contributed by atoms with Crippen LogP contribution in [0.25, 0.3) is 0 Å². The zero-order valence-corrected chi connectivity index (χ0v) is 7.89. The van der Waals surface area contributed by atoms with E-state index in [9.17, 15) is 4.79 Å². The molecular weight excluding hydrogens is 150 g/mol. The number of hydrogen-bond donors (Lipinski definition) is 1. The number of carbonyl (C=O) groups is 1. The van der Waals surface area contributed by atoms with Crippen LogP contribution < -0.4 is 5.73 Å². The first-order valence-corrected chi connectivity index (χ1v) is 4.28. The third-order valence-electron chi connectivity index (χ3n) is 1.97. The summed E-state index contributed by atoms with van der Waals surface area (Å²) in [6.45, 7) is 7.24. The van der Waals surface area contributed by atoms with E-state index < -0.39 is 0 Å². The Morgan fingerprint density at radius 1 is 1.67 bits per heavy atom. The first-order chi connectivity index (χ1) is 5.61. The molecule has 0 amide bonds. The molecule has 0 aromatic rings. The molecule has 1 unspecified atom stereocenters. The molecule has 0 radical (unpaired) electrons. The molecule has 68 valence electrons. The van der Waals surface area contributed by atoms with Crippen molar-refractivity contribution in [1.29, 1.82) is 0 Å². The molecule has 0 fully saturated rings. The van der Waals surface area contributed by atoms with Gasteiger partial charge in [-0.05, 0) is 12.8 Å². The number of Topliss-reactive ketones (excluding diaryl/α,β-unsaturated/α-hetero) is 1. The highest BCUT2D eigenvalue weighted by atomic mass is 16.1. The van der Waals surface area contributed by atoms with Crippen LogP contribution in [0.1, 0.15) is 33.1 Å². The minimum absolute atomic E-state index is 0.113. The summed E-state index contributed by atoms with van der Waals surface area (Å²) in [7, 11) is 0. The van der Waals surface area contributed by atoms with Gasteiger partial charge >= 0.3 is 0 Å². The van der Waals surface area contributed by atoms with Gasteiger partial charge in [-0.2, -0.15) is 0 Å². The van der Waals surface area contributed by atoms with E-state index in [1.807, 2.05) is 13.8 Å². The summed E-state index contributed by atoms with van der Waals surface area (Å²) >= 11 is 0. The summed E-state index contributed by atoms with van der Waals surface area (Å²) < 4.78 is 0. The lowest BCUT2D eigenvalue weighted by atomic mass is 9.98. The highest BCUT2D eigenvalue weighted by Crippen LogP contribution is 2.10. The topological polar surface area (TPSA) is 43.1 Å². The number of rotatable bonds is 5. The van der Waals surface area contributed by atoms with Crippen molar-refractivity contribution >= 4 is 5.78 Å². The highest BCUT2D eigenvalue weighted by Gasteiger charge is 2.09. The molecule has 2 nitrogen and oxygen atoms in total. The van der Waals surface area contributed by atoms with Gasteiger partial charge in [0.05, 0.1) is 5.70 Å². The lowest BCUT2D eigenvalue weighted by molar-refractivity contribution is -0.122. The number of carbonyl (C=O) groups excluding carboxylic acids is 1. The Morgan fingerprint density at radius 2 is 2.25 bits per heavy atom. The normalized spacial score (nSPS) is 11.8. The van der Waals surface area contributed by atoms with Gasteiger partial charge in [-0.3, -0.25) is 4.79 Å². The molecule has 0 aliphatic heterocycles. The maximum Gasteiger partial charge on any atom is 0.135 e.